The Labute approximate surface area is 203 Å². The van der Waals surface area contributed by atoms with Gasteiger partial charge in [-0.3, -0.25) is 0 Å². The van der Waals surface area contributed by atoms with Gasteiger partial charge in [-0.15, -0.1) is 5.10 Å². The molecule has 3 heterocycles. The zero-order valence-corrected chi connectivity index (χ0v) is 19.5. The van der Waals surface area contributed by atoms with Gasteiger partial charge < -0.3 is 8.98 Å². The van der Waals surface area contributed by atoms with Crippen LogP contribution in [0.3, 0.4) is 0 Å². The van der Waals surface area contributed by atoms with Crippen LogP contribution in [-0.2, 0) is 7.05 Å². The second-order valence-electron chi connectivity index (χ2n) is 7.95. The second kappa shape index (κ2) is 8.66. The van der Waals surface area contributed by atoms with Gasteiger partial charge in [0, 0.05) is 24.2 Å². The Balaban J connectivity index is 1.49. The van der Waals surface area contributed by atoms with Gasteiger partial charge in [-0.25, -0.2) is 9.48 Å². The fourth-order valence-electron chi connectivity index (χ4n) is 3.95. The summed E-state index contributed by atoms with van der Waals surface area (Å²) >= 11 is 1.56. The summed E-state index contributed by atoms with van der Waals surface area (Å²) in [6.45, 7) is 0. The SMILES string of the molecule is Cn1/c(=N/N=C/c2cn(-c3ccccc3)nc2-c2cc3ccccc3oc2=O)sc2ccccc21. The van der Waals surface area contributed by atoms with Gasteiger partial charge in [0.05, 0.1) is 27.7 Å². The average molecular weight is 478 g/mol. The van der Waals surface area contributed by atoms with Gasteiger partial charge in [-0.1, -0.05) is 59.9 Å². The smallest absolute Gasteiger partial charge is 0.345 e. The lowest BCUT2D eigenvalue weighted by Crippen LogP contribution is -2.09. The van der Waals surface area contributed by atoms with Crippen LogP contribution < -0.4 is 10.4 Å². The van der Waals surface area contributed by atoms with E-state index in [0.717, 1.165) is 26.1 Å². The Kier molecular flexibility index (Phi) is 5.20. The van der Waals surface area contributed by atoms with E-state index in [9.17, 15) is 4.79 Å². The fraction of sp³-hybridized carbons (Fsp3) is 0.0370. The van der Waals surface area contributed by atoms with E-state index in [1.165, 1.54) is 0 Å². The molecule has 8 heteroatoms. The van der Waals surface area contributed by atoms with Gasteiger partial charge in [0.1, 0.15) is 11.3 Å². The van der Waals surface area contributed by atoms with E-state index in [1.54, 1.807) is 34.4 Å². The van der Waals surface area contributed by atoms with Crippen LogP contribution >= 0.6 is 11.3 Å². The maximum Gasteiger partial charge on any atom is 0.345 e. The summed E-state index contributed by atoms with van der Waals surface area (Å²) in [7, 11) is 1.96. The molecule has 0 amide bonds. The summed E-state index contributed by atoms with van der Waals surface area (Å²) in [5.74, 6) is 0. The summed E-state index contributed by atoms with van der Waals surface area (Å²) in [5, 5.41) is 14.3. The first-order valence-corrected chi connectivity index (χ1v) is 11.8. The predicted octanol–water partition coefficient (Wildman–Crippen LogP) is 5.13. The first-order chi connectivity index (χ1) is 17.2. The summed E-state index contributed by atoms with van der Waals surface area (Å²) in [4.78, 5) is 13.7. The van der Waals surface area contributed by atoms with Crippen molar-refractivity contribution in [2.24, 2.45) is 17.3 Å². The first kappa shape index (κ1) is 21.0. The molecule has 0 aliphatic heterocycles. The van der Waals surface area contributed by atoms with E-state index in [0.29, 0.717) is 22.4 Å². The first-order valence-electron chi connectivity index (χ1n) is 11.0. The minimum atomic E-state index is -0.454. The molecule has 6 aromatic rings. The Bertz CT molecular complexity index is 1840. The summed E-state index contributed by atoms with van der Waals surface area (Å²) in [6.07, 6.45) is 3.46. The Morgan fingerprint density at radius 2 is 1.74 bits per heavy atom. The number of hydrogen-bond donors (Lipinski definition) is 0. The van der Waals surface area contributed by atoms with Crippen LogP contribution in [0.1, 0.15) is 5.56 Å². The van der Waals surface area contributed by atoms with Crippen molar-refractivity contribution < 1.29 is 4.42 Å². The maximum atomic E-state index is 12.9. The van der Waals surface area contributed by atoms with Crippen molar-refractivity contribution >= 4 is 38.7 Å². The Morgan fingerprint density at radius 1 is 0.971 bits per heavy atom. The molecule has 0 radical (unpaired) electrons. The highest BCUT2D eigenvalue weighted by Gasteiger charge is 2.16. The lowest BCUT2D eigenvalue weighted by Gasteiger charge is -2.01. The zero-order valence-electron chi connectivity index (χ0n) is 18.7. The minimum Gasteiger partial charge on any atom is -0.422 e. The van der Waals surface area contributed by atoms with Gasteiger partial charge in [0.2, 0.25) is 4.80 Å². The molecule has 0 bridgehead atoms. The number of nitrogens with zero attached hydrogens (tertiary/aromatic N) is 5. The summed E-state index contributed by atoms with van der Waals surface area (Å²) in [6, 6.07) is 27.0. The molecule has 35 heavy (non-hydrogen) atoms. The van der Waals surface area contributed by atoms with Crippen LogP contribution in [-0.4, -0.2) is 20.6 Å². The molecule has 0 aliphatic rings. The molecule has 0 spiro atoms. The second-order valence-corrected chi connectivity index (χ2v) is 8.96. The number of benzene rings is 3. The van der Waals surface area contributed by atoms with Crippen molar-refractivity contribution in [3.05, 3.63) is 112 Å². The highest BCUT2D eigenvalue weighted by atomic mass is 32.1. The third-order valence-corrected chi connectivity index (χ3v) is 6.82. The van der Waals surface area contributed by atoms with E-state index < -0.39 is 5.63 Å². The third-order valence-electron chi connectivity index (χ3n) is 5.71. The van der Waals surface area contributed by atoms with Crippen LogP contribution in [0, 0.1) is 0 Å². The number of fused-ring (bicyclic) bond motifs is 2. The molecule has 0 fully saturated rings. The standard InChI is InChI=1S/C27H19N5O2S/c1-31-22-12-6-8-14-24(22)35-27(31)29-28-16-19-17-32(20-10-3-2-4-11-20)30-25(19)21-15-18-9-5-7-13-23(18)34-26(21)33/h2-17H,1H3/b28-16+,29-27-. The number of aromatic nitrogens is 3. The predicted molar refractivity (Wildman–Crippen MR) is 139 cm³/mol. The summed E-state index contributed by atoms with van der Waals surface area (Å²) < 4.78 is 10.4. The van der Waals surface area contributed by atoms with E-state index >= 15 is 0 Å². The molecule has 0 saturated heterocycles. The molecular weight excluding hydrogens is 458 g/mol. The minimum absolute atomic E-state index is 0.368. The van der Waals surface area contributed by atoms with Crippen LogP contribution in [0.4, 0.5) is 0 Å². The van der Waals surface area contributed by atoms with Gasteiger partial charge in [-0.2, -0.15) is 10.2 Å². The monoisotopic (exact) mass is 477 g/mol. The molecule has 0 atom stereocenters. The topological polar surface area (TPSA) is 77.7 Å². The van der Waals surface area contributed by atoms with E-state index in [-0.39, 0.29) is 0 Å². The zero-order chi connectivity index (χ0) is 23.8. The van der Waals surface area contributed by atoms with Crippen molar-refractivity contribution in [1.82, 2.24) is 14.3 Å². The molecule has 0 aliphatic carbocycles. The van der Waals surface area contributed by atoms with Crippen molar-refractivity contribution in [1.29, 1.82) is 0 Å². The van der Waals surface area contributed by atoms with Crippen LogP contribution in [0.25, 0.3) is 38.1 Å². The van der Waals surface area contributed by atoms with Crippen molar-refractivity contribution in [3.8, 4) is 16.9 Å². The normalized spacial score (nSPS) is 12.3. The quantitative estimate of drug-likeness (QED) is 0.201. The number of aryl methyl sites for hydroxylation is 1. The number of thiazole rings is 1. The van der Waals surface area contributed by atoms with Crippen LogP contribution in [0.2, 0.25) is 0 Å². The Morgan fingerprint density at radius 3 is 2.60 bits per heavy atom. The molecule has 3 aromatic heterocycles. The molecular formula is C27H19N5O2S. The molecule has 6 rings (SSSR count). The highest BCUT2D eigenvalue weighted by molar-refractivity contribution is 7.16. The van der Waals surface area contributed by atoms with Gasteiger partial charge in [0.15, 0.2) is 0 Å². The molecule has 0 unspecified atom stereocenters. The van der Waals surface area contributed by atoms with E-state index in [4.69, 9.17) is 9.52 Å². The lowest BCUT2D eigenvalue weighted by atomic mass is 10.1. The molecule has 3 aromatic carbocycles. The molecule has 0 saturated carbocycles. The molecule has 0 N–H and O–H groups in total. The van der Waals surface area contributed by atoms with Gasteiger partial charge in [0.25, 0.3) is 0 Å². The van der Waals surface area contributed by atoms with Crippen molar-refractivity contribution in [2.75, 3.05) is 0 Å². The maximum absolute atomic E-state index is 12.9. The van der Waals surface area contributed by atoms with E-state index in [1.807, 2.05) is 78.5 Å². The number of para-hydroxylation sites is 3. The third kappa shape index (κ3) is 3.89. The Hall–Kier alpha value is -4.56. The van der Waals surface area contributed by atoms with Crippen molar-refractivity contribution in [3.63, 3.8) is 0 Å². The van der Waals surface area contributed by atoms with E-state index in [2.05, 4.69) is 22.3 Å². The molecule has 7 nitrogen and oxygen atoms in total. The average Bonchev–Trinajstić information content (AvgIpc) is 3.45. The number of rotatable bonds is 4. The van der Waals surface area contributed by atoms with Crippen LogP contribution in [0.15, 0.2) is 111 Å². The molecule has 170 valence electrons. The van der Waals surface area contributed by atoms with Crippen molar-refractivity contribution in [2.45, 2.75) is 0 Å². The fourth-order valence-corrected chi connectivity index (χ4v) is 4.93. The van der Waals surface area contributed by atoms with Gasteiger partial charge >= 0.3 is 5.63 Å². The highest BCUT2D eigenvalue weighted by Crippen LogP contribution is 2.24. The lowest BCUT2D eigenvalue weighted by molar-refractivity contribution is 0.563. The summed E-state index contributed by atoms with van der Waals surface area (Å²) in [5.41, 5.74) is 3.55. The van der Waals surface area contributed by atoms with Gasteiger partial charge in [-0.05, 0) is 36.4 Å². The number of hydrogen-bond acceptors (Lipinski definition) is 6. The largest absolute Gasteiger partial charge is 0.422 e. The van der Waals surface area contributed by atoms with Crippen LogP contribution in [0.5, 0.6) is 0 Å².